The predicted molar refractivity (Wildman–Crippen MR) is 53.6 cm³/mol. The van der Waals surface area contributed by atoms with Crippen molar-refractivity contribution in [3.8, 4) is 0 Å². The maximum atomic E-state index is 12.3. The van der Waals surface area contributed by atoms with Crippen LogP contribution in [0.25, 0.3) is 0 Å². The van der Waals surface area contributed by atoms with E-state index in [9.17, 15) is 18.9 Å². The second-order valence-corrected chi connectivity index (χ2v) is 3.70. The summed E-state index contributed by atoms with van der Waals surface area (Å²) in [6.07, 6.45) is -2.92. The van der Waals surface area contributed by atoms with Gasteiger partial charge in [-0.05, 0) is 22.6 Å². The summed E-state index contributed by atoms with van der Waals surface area (Å²) in [5, 5.41) is 9.79. The topological polar surface area (TPSA) is 56.0 Å². The zero-order valence-corrected chi connectivity index (χ0v) is 9.29. The quantitative estimate of drug-likeness (QED) is 0.361. The monoisotopic (exact) mass is 334 g/mol. The van der Waals surface area contributed by atoms with Crippen molar-refractivity contribution in [3.05, 3.63) is 30.6 Å². The zero-order chi connectivity index (χ0) is 10.9. The van der Waals surface area contributed by atoms with Gasteiger partial charge in [0.25, 0.3) is 12.1 Å². The summed E-state index contributed by atoms with van der Waals surface area (Å²) in [6.45, 7) is 0. The molecule has 0 aliphatic heterocycles. The van der Waals surface area contributed by atoms with Gasteiger partial charge < -0.3 is 0 Å². The van der Waals surface area contributed by atoms with Crippen molar-refractivity contribution >= 4 is 39.9 Å². The molecule has 0 radical (unpaired) electrons. The number of hydrogen-bond donors (Lipinski definition) is 0. The molecule has 0 spiro atoms. The lowest BCUT2D eigenvalue weighted by Crippen LogP contribution is -1.99. The smallest absolute Gasteiger partial charge is 0.258 e. The van der Waals surface area contributed by atoms with Crippen LogP contribution in [0.1, 0.15) is 12.1 Å². The number of nitrogens with zero attached hydrogens (tertiary/aromatic N) is 2. The molecule has 0 atom stereocenters. The maximum absolute atomic E-state index is 12.3. The number of hydrogen-bond acceptors (Lipinski definition) is 3. The number of alkyl halides is 2. The molecule has 0 N–H and O–H groups in total. The van der Waals surface area contributed by atoms with Gasteiger partial charge in [-0.2, -0.15) is 0 Å². The molecule has 1 aromatic rings. The lowest BCUT2D eigenvalue weighted by Gasteiger charge is -2.02. The van der Waals surface area contributed by atoms with Gasteiger partial charge in [0.2, 0.25) is 0 Å². The van der Waals surface area contributed by atoms with E-state index in [2.05, 4.69) is 4.98 Å². The van der Waals surface area contributed by atoms with E-state index in [0.29, 0.717) is 0 Å². The van der Waals surface area contributed by atoms with Crippen LogP contribution in [0.3, 0.4) is 0 Å². The van der Waals surface area contributed by atoms with Crippen LogP contribution in [0.15, 0.2) is 6.07 Å². The molecule has 14 heavy (non-hydrogen) atoms. The van der Waals surface area contributed by atoms with Crippen LogP contribution in [0.4, 0.5) is 14.5 Å². The fourth-order valence-electron chi connectivity index (χ4n) is 0.781. The number of pyridine rings is 1. The van der Waals surface area contributed by atoms with Crippen molar-refractivity contribution in [1.29, 1.82) is 0 Å². The third-order valence-corrected chi connectivity index (χ3v) is 2.28. The molecule has 0 saturated heterocycles. The van der Waals surface area contributed by atoms with Gasteiger partial charge in [0.05, 0.1) is 4.92 Å². The van der Waals surface area contributed by atoms with E-state index in [1.807, 2.05) is 0 Å². The normalized spacial score (nSPS) is 10.6. The lowest BCUT2D eigenvalue weighted by molar-refractivity contribution is -0.385. The molecule has 1 rings (SSSR count). The number of rotatable bonds is 2. The van der Waals surface area contributed by atoms with Crippen molar-refractivity contribution in [2.75, 3.05) is 0 Å². The van der Waals surface area contributed by atoms with E-state index in [4.69, 9.17) is 11.6 Å². The van der Waals surface area contributed by atoms with Crippen LogP contribution >= 0.6 is 34.2 Å². The molecule has 0 aromatic carbocycles. The lowest BCUT2D eigenvalue weighted by atomic mass is 10.3. The summed E-state index contributed by atoms with van der Waals surface area (Å²) in [6, 6.07) is 1.04. The van der Waals surface area contributed by atoms with E-state index >= 15 is 0 Å². The first-order chi connectivity index (χ1) is 6.43. The summed E-state index contributed by atoms with van der Waals surface area (Å²) in [4.78, 5) is 13.0. The highest BCUT2D eigenvalue weighted by molar-refractivity contribution is 14.1. The van der Waals surface area contributed by atoms with Gasteiger partial charge in [0.15, 0.2) is 0 Å². The van der Waals surface area contributed by atoms with Crippen molar-refractivity contribution in [1.82, 2.24) is 4.98 Å². The van der Waals surface area contributed by atoms with Crippen LogP contribution in [0, 0.1) is 13.8 Å². The van der Waals surface area contributed by atoms with E-state index < -0.39 is 27.8 Å². The Morgan fingerprint density at radius 1 is 1.64 bits per heavy atom. The molecule has 0 amide bonds. The van der Waals surface area contributed by atoms with Gasteiger partial charge in [-0.3, -0.25) is 10.1 Å². The summed E-state index contributed by atoms with van der Waals surface area (Å²) in [5.74, 6) is 0. The molecule has 0 fully saturated rings. The molecular weight excluding hydrogens is 332 g/mol. The van der Waals surface area contributed by atoms with Crippen molar-refractivity contribution in [2.45, 2.75) is 6.43 Å². The zero-order valence-electron chi connectivity index (χ0n) is 6.38. The molecule has 0 aliphatic rings. The minimum absolute atomic E-state index is 0.106. The average molecular weight is 334 g/mol. The summed E-state index contributed by atoms with van der Waals surface area (Å²) in [7, 11) is 0. The second-order valence-electron chi connectivity index (χ2n) is 2.22. The van der Waals surface area contributed by atoms with Crippen LogP contribution in [-0.4, -0.2) is 9.91 Å². The van der Waals surface area contributed by atoms with Gasteiger partial charge in [0, 0.05) is 6.07 Å². The van der Waals surface area contributed by atoms with Crippen molar-refractivity contribution in [3.63, 3.8) is 0 Å². The summed E-state index contributed by atoms with van der Waals surface area (Å²) < 4.78 is 24.7. The Balaban J connectivity index is 3.40. The van der Waals surface area contributed by atoms with E-state index in [1.54, 1.807) is 22.6 Å². The van der Waals surface area contributed by atoms with Gasteiger partial charge in [0.1, 0.15) is 14.4 Å². The standard InChI is InChI=1S/C6H2ClF2IN2O2/c7-4-2(12(13)14)1-3(10)11-5(4)6(8)9/h1,6H. The first-order valence-electron chi connectivity index (χ1n) is 3.22. The highest BCUT2D eigenvalue weighted by Gasteiger charge is 2.24. The maximum Gasteiger partial charge on any atom is 0.292 e. The number of nitro groups is 1. The Bertz CT molecular complexity index is 388. The fraction of sp³-hybridized carbons (Fsp3) is 0.167. The molecule has 4 nitrogen and oxygen atoms in total. The van der Waals surface area contributed by atoms with E-state index in [0.717, 1.165) is 6.07 Å². The summed E-state index contributed by atoms with van der Waals surface area (Å²) >= 11 is 6.99. The molecular formula is C6H2ClF2IN2O2. The average Bonchev–Trinajstić information content (AvgIpc) is 2.07. The Morgan fingerprint density at radius 3 is 2.64 bits per heavy atom. The Kier molecular flexibility index (Phi) is 3.53. The SMILES string of the molecule is O=[N+]([O-])c1cc(I)nc(C(F)F)c1Cl. The number of halogens is 4. The van der Waals surface area contributed by atoms with Crippen LogP contribution in [0.2, 0.25) is 5.02 Å². The molecule has 1 aromatic heterocycles. The third kappa shape index (κ3) is 2.27. The molecule has 0 saturated carbocycles. The number of aromatic nitrogens is 1. The highest BCUT2D eigenvalue weighted by Crippen LogP contribution is 2.33. The van der Waals surface area contributed by atoms with Gasteiger partial charge >= 0.3 is 0 Å². The largest absolute Gasteiger partial charge is 0.292 e. The van der Waals surface area contributed by atoms with E-state index in [-0.39, 0.29) is 3.70 Å². The molecule has 1 heterocycles. The minimum Gasteiger partial charge on any atom is -0.258 e. The molecule has 0 bridgehead atoms. The first-order valence-corrected chi connectivity index (χ1v) is 4.67. The Labute approximate surface area is 95.6 Å². The minimum atomic E-state index is -2.92. The van der Waals surface area contributed by atoms with Gasteiger partial charge in [-0.1, -0.05) is 11.6 Å². The molecule has 76 valence electrons. The Hall–Kier alpha value is -0.570. The van der Waals surface area contributed by atoms with E-state index in [1.165, 1.54) is 0 Å². The molecule has 0 aliphatic carbocycles. The first kappa shape index (κ1) is 11.5. The highest BCUT2D eigenvalue weighted by atomic mass is 127. The van der Waals surface area contributed by atoms with Gasteiger partial charge in [-0.15, -0.1) is 0 Å². The van der Waals surface area contributed by atoms with Gasteiger partial charge in [-0.25, -0.2) is 13.8 Å². The summed E-state index contributed by atoms with van der Waals surface area (Å²) in [5.41, 5.74) is -1.31. The van der Waals surface area contributed by atoms with Crippen molar-refractivity contribution in [2.24, 2.45) is 0 Å². The second kappa shape index (κ2) is 4.30. The third-order valence-electron chi connectivity index (χ3n) is 1.34. The Morgan fingerprint density at radius 2 is 2.21 bits per heavy atom. The molecule has 0 unspecified atom stereocenters. The van der Waals surface area contributed by atoms with Crippen molar-refractivity contribution < 1.29 is 13.7 Å². The molecule has 8 heteroatoms. The van der Waals surface area contributed by atoms with Crippen LogP contribution in [-0.2, 0) is 0 Å². The predicted octanol–water partition coefficient (Wildman–Crippen LogP) is 3.19. The van der Waals surface area contributed by atoms with Crippen LogP contribution < -0.4 is 0 Å². The van der Waals surface area contributed by atoms with Crippen LogP contribution in [0.5, 0.6) is 0 Å². The fourth-order valence-corrected chi connectivity index (χ4v) is 1.58.